The molecule has 4 fully saturated rings. The SMILES string of the molecule is CC(C)c1cccc(-c2nc(-c3ccccc3)nc(-c3cccc(-n4c5ccc(-c6ccc7c(c6)-c6cc(-c8ccncc8)ccc6C76C7CC8CC(C7)CC6C8)cc5c5ccc6c(C#N)cccc6c54)c3)n2)c1. The molecule has 0 atom stereocenters. The van der Waals surface area contributed by atoms with Crippen LogP contribution in [0.3, 0.4) is 0 Å². The van der Waals surface area contributed by atoms with Crippen LogP contribution in [0.25, 0.3) is 106 Å². The van der Waals surface area contributed by atoms with E-state index >= 15 is 0 Å². The van der Waals surface area contributed by atoms with Gasteiger partial charge < -0.3 is 4.57 Å². The Hall–Kier alpha value is -8.53. The van der Waals surface area contributed by atoms with Gasteiger partial charge in [-0.2, -0.15) is 5.26 Å². The molecule has 354 valence electrons. The van der Waals surface area contributed by atoms with Gasteiger partial charge in [0.1, 0.15) is 0 Å². The molecule has 0 amide bonds. The monoisotopic (exact) mass is 952 g/mol. The minimum Gasteiger partial charge on any atom is -0.309 e. The second-order valence-electron chi connectivity index (χ2n) is 22.0. The van der Waals surface area contributed by atoms with Crippen LogP contribution < -0.4 is 0 Å². The predicted octanol–water partition coefficient (Wildman–Crippen LogP) is 16.6. The predicted molar refractivity (Wildman–Crippen MR) is 299 cm³/mol. The number of nitriles is 1. The van der Waals surface area contributed by atoms with Gasteiger partial charge in [-0.3, -0.25) is 4.98 Å². The average molecular weight is 953 g/mol. The van der Waals surface area contributed by atoms with E-state index in [0.717, 1.165) is 66.8 Å². The van der Waals surface area contributed by atoms with Gasteiger partial charge in [0.25, 0.3) is 0 Å². The van der Waals surface area contributed by atoms with Crippen molar-refractivity contribution in [2.45, 2.75) is 57.3 Å². The summed E-state index contributed by atoms with van der Waals surface area (Å²) in [6.45, 7) is 4.42. The summed E-state index contributed by atoms with van der Waals surface area (Å²) in [6.07, 6.45) is 10.7. The second kappa shape index (κ2) is 16.5. The smallest absolute Gasteiger partial charge is 0.164 e. The van der Waals surface area contributed by atoms with Gasteiger partial charge >= 0.3 is 0 Å². The van der Waals surface area contributed by atoms with Crippen molar-refractivity contribution in [2.24, 2.45) is 23.7 Å². The number of hydrogen-bond acceptors (Lipinski definition) is 5. The maximum absolute atomic E-state index is 10.4. The Labute approximate surface area is 431 Å². The van der Waals surface area contributed by atoms with Crippen LogP contribution in [0.1, 0.15) is 74.1 Å². The van der Waals surface area contributed by atoms with Crippen LogP contribution in [0.15, 0.2) is 188 Å². The molecule has 3 heterocycles. The van der Waals surface area contributed by atoms with Crippen molar-refractivity contribution >= 4 is 32.6 Å². The molecule has 6 nitrogen and oxygen atoms in total. The Morgan fingerprint density at radius 1 is 0.486 bits per heavy atom. The maximum atomic E-state index is 10.4. The van der Waals surface area contributed by atoms with Crippen molar-refractivity contribution in [1.82, 2.24) is 24.5 Å². The van der Waals surface area contributed by atoms with Crippen LogP contribution in [0.5, 0.6) is 0 Å². The first-order valence-electron chi connectivity index (χ1n) is 26.5. The molecule has 11 aromatic rings. The summed E-state index contributed by atoms with van der Waals surface area (Å²) in [6, 6.07) is 66.3. The first-order valence-corrected chi connectivity index (χ1v) is 26.5. The van der Waals surface area contributed by atoms with Gasteiger partial charge in [0.05, 0.1) is 22.7 Å². The number of aromatic nitrogens is 5. The Morgan fingerprint density at radius 3 is 1.76 bits per heavy atom. The van der Waals surface area contributed by atoms with E-state index in [1.807, 2.05) is 42.7 Å². The number of fused-ring (bicyclic) bond motifs is 8. The number of nitrogens with zero attached hydrogens (tertiary/aromatic N) is 6. The zero-order valence-corrected chi connectivity index (χ0v) is 41.5. The van der Waals surface area contributed by atoms with Crippen LogP contribution in [0, 0.1) is 35.0 Å². The molecule has 0 unspecified atom stereocenters. The first kappa shape index (κ1) is 43.1. The average Bonchev–Trinajstić information content (AvgIpc) is 4.07. The van der Waals surface area contributed by atoms with Gasteiger partial charge in [0.15, 0.2) is 17.5 Å². The lowest BCUT2D eigenvalue weighted by molar-refractivity contribution is -0.0399. The van der Waals surface area contributed by atoms with Crippen LogP contribution >= 0.6 is 0 Å². The fourth-order valence-electron chi connectivity index (χ4n) is 14.7. The van der Waals surface area contributed by atoms with Gasteiger partial charge in [0.2, 0.25) is 0 Å². The molecule has 3 aromatic heterocycles. The summed E-state index contributed by atoms with van der Waals surface area (Å²) < 4.78 is 2.38. The zero-order valence-electron chi connectivity index (χ0n) is 41.5. The molecule has 8 aromatic carbocycles. The molecule has 4 saturated carbocycles. The molecule has 16 rings (SSSR count). The number of rotatable bonds is 7. The molecule has 5 aliphatic carbocycles. The van der Waals surface area contributed by atoms with E-state index in [4.69, 9.17) is 15.0 Å². The second-order valence-corrected chi connectivity index (χ2v) is 22.0. The fraction of sp³-hybridized carbons (Fsp3) is 0.191. The highest BCUT2D eigenvalue weighted by Gasteiger charge is 2.61. The van der Waals surface area contributed by atoms with E-state index in [1.54, 1.807) is 11.1 Å². The third-order valence-corrected chi connectivity index (χ3v) is 17.7. The van der Waals surface area contributed by atoms with E-state index in [-0.39, 0.29) is 5.41 Å². The molecule has 0 radical (unpaired) electrons. The summed E-state index contributed by atoms with van der Waals surface area (Å²) in [5.41, 5.74) is 18.7. The molecule has 74 heavy (non-hydrogen) atoms. The molecular formula is C68H52N6. The molecular weight excluding hydrogens is 901 g/mol. The summed E-state index contributed by atoms with van der Waals surface area (Å²) in [4.78, 5) is 19.8. The van der Waals surface area contributed by atoms with Crippen LogP contribution in [0.4, 0.5) is 0 Å². The maximum Gasteiger partial charge on any atom is 0.164 e. The summed E-state index contributed by atoms with van der Waals surface area (Å²) in [5, 5.41) is 14.6. The number of benzene rings is 8. The molecule has 6 heteroatoms. The Balaban J connectivity index is 0.905. The van der Waals surface area contributed by atoms with Crippen molar-refractivity contribution in [3.8, 4) is 79.3 Å². The van der Waals surface area contributed by atoms with Crippen molar-refractivity contribution in [3.05, 3.63) is 211 Å². The number of pyridine rings is 1. The first-order chi connectivity index (χ1) is 36.4. The lowest BCUT2D eigenvalue weighted by Gasteiger charge is -2.61. The molecule has 4 bridgehead atoms. The largest absolute Gasteiger partial charge is 0.309 e. The Morgan fingerprint density at radius 2 is 1.07 bits per heavy atom. The van der Waals surface area contributed by atoms with E-state index in [2.05, 4.69) is 175 Å². The molecule has 5 aliphatic rings. The quantitative estimate of drug-likeness (QED) is 0.159. The van der Waals surface area contributed by atoms with Crippen molar-refractivity contribution in [1.29, 1.82) is 5.26 Å². The minimum absolute atomic E-state index is 0.0768. The van der Waals surface area contributed by atoms with Crippen molar-refractivity contribution < 1.29 is 0 Å². The number of hydrogen-bond donors (Lipinski definition) is 0. The van der Waals surface area contributed by atoms with Gasteiger partial charge in [-0.25, -0.2) is 15.0 Å². The highest BCUT2D eigenvalue weighted by molar-refractivity contribution is 6.20. The van der Waals surface area contributed by atoms with Gasteiger partial charge in [-0.05, 0) is 172 Å². The summed E-state index contributed by atoms with van der Waals surface area (Å²) >= 11 is 0. The van der Waals surface area contributed by atoms with Crippen molar-refractivity contribution in [3.63, 3.8) is 0 Å². The van der Waals surface area contributed by atoms with Crippen LogP contribution in [-0.2, 0) is 5.41 Å². The normalized spacial score (nSPS) is 20.2. The third kappa shape index (κ3) is 6.48. The molecule has 0 N–H and O–H groups in total. The van der Waals surface area contributed by atoms with Gasteiger partial charge in [-0.15, -0.1) is 0 Å². The fourth-order valence-corrected chi connectivity index (χ4v) is 14.7. The standard InChI is InChI=1S/C68H52N6/c1-40(2)45-11-6-12-49(34-45)66-71-65(44-9-4-3-5-10-44)72-67(73-66)50-13-7-15-54(35-50)74-63-24-19-48(38-60(63)57-21-20-55-51(39-69)14-8-16-56(55)64(57)74)47-18-23-62-59(37-47)58-36-46(43-25-27-70-28-26-43)17-22-61(58)68(62)52-30-41-29-42(32-52)33-53(68)31-41/h3-28,34-38,40-42,52-53H,29-33H2,1-2H3. The third-order valence-electron chi connectivity index (χ3n) is 17.7. The van der Waals surface area contributed by atoms with E-state index in [1.165, 1.54) is 71.0 Å². The van der Waals surface area contributed by atoms with Gasteiger partial charge in [0, 0.05) is 61.7 Å². The minimum atomic E-state index is 0.0768. The van der Waals surface area contributed by atoms with Crippen molar-refractivity contribution in [2.75, 3.05) is 0 Å². The Kier molecular flexibility index (Phi) is 9.61. The summed E-state index contributed by atoms with van der Waals surface area (Å²) in [5.74, 6) is 5.37. The molecule has 0 saturated heterocycles. The molecule has 1 spiro atoms. The van der Waals surface area contributed by atoms with Crippen LogP contribution in [0.2, 0.25) is 0 Å². The topological polar surface area (TPSA) is 80.3 Å². The summed E-state index contributed by atoms with van der Waals surface area (Å²) in [7, 11) is 0. The van der Waals surface area contributed by atoms with E-state index in [0.29, 0.717) is 40.8 Å². The van der Waals surface area contributed by atoms with E-state index in [9.17, 15) is 5.26 Å². The zero-order chi connectivity index (χ0) is 49.2. The molecule has 0 aliphatic heterocycles. The highest BCUT2D eigenvalue weighted by atomic mass is 15.0. The van der Waals surface area contributed by atoms with Crippen LogP contribution in [-0.4, -0.2) is 24.5 Å². The van der Waals surface area contributed by atoms with E-state index < -0.39 is 0 Å². The lowest BCUT2D eigenvalue weighted by Crippen LogP contribution is -2.55. The lowest BCUT2D eigenvalue weighted by atomic mass is 9.43. The Bertz CT molecular complexity index is 4110. The highest BCUT2D eigenvalue weighted by Crippen LogP contribution is 2.69. The van der Waals surface area contributed by atoms with Gasteiger partial charge in [-0.1, -0.05) is 129 Å².